The maximum atomic E-state index is 3.61. The van der Waals surface area contributed by atoms with Gasteiger partial charge >= 0.3 is 0 Å². The summed E-state index contributed by atoms with van der Waals surface area (Å²) in [7, 11) is 2.17. The first-order valence-corrected chi connectivity index (χ1v) is 9.00. The van der Waals surface area contributed by atoms with Crippen LogP contribution >= 0.6 is 0 Å². The summed E-state index contributed by atoms with van der Waals surface area (Å²) in [5, 5.41) is 3.61. The molecule has 0 aromatic carbocycles. The Kier molecular flexibility index (Phi) is 5.36. The molecule has 3 rings (SSSR count). The summed E-state index contributed by atoms with van der Waals surface area (Å²) in [4.78, 5) is 5.51. The molecule has 2 saturated heterocycles. The number of hydrogen-bond donors (Lipinski definition) is 1. The number of nitrogens with one attached hydrogen (secondary N) is 1. The number of likely N-dealkylation sites (tertiary alicyclic amines) is 2. The van der Waals surface area contributed by atoms with Gasteiger partial charge in [-0.3, -0.25) is 4.90 Å². The van der Waals surface area contributed by atoms with Crippen LogP contribution in [0.3, 0.4) is 0 Å². The molecule has 3 nitrogen and oxygen atoms in total. The summed E-state index contributed by atoms with van der Waals surface area (Å²) in [6.07, 6.45) is 11.5. The van der Waals surface area contributed by atoms with Gasteiger partial charge in [0.2, 0.25) is 0 Å². The second-order valence-corrected chi connectivity index (χ2v) is 7.24. The molecule has 2 heterocycles. The topological polar surface area (TPSA) is 18.5 Å². The molecule has 3 aliphatic rings. The summed E-state index contributed by atoms with van der Waals surface area (Å²) in [6.45, 7) is 6.65. The van der Waals surface area contributed by atoms with Gasteiger partial charge in [-0.1, -0.05) is 19.3 Å². The Balaban J connectivity index is 1.46. The van der Waals surface area contributed by atoms with Crippen molar-refractivity contribution in [2.24, 2.45) is 5.92 Å². The molecule has 2 unspecified atom stereocenters. The van der Waals surface area contributed by atoms with Crippen molar-refractivity contribution in [1.29, 1.82) is 0 Å². The zero-order valence-electron chi connectivity index (χ0n) is 13.3. The predicted molar refractivity (Wildman–Crippen MR) is 85.1 cm³/mol. The molecule has 3 heteroatoms. The van der Waals surface area contributed by atoms with Crippen LogP contribution in [-0.4, -0.2) is 61.7 Å². The molecule has 1 saturated carbocycles. The van der Waals surface area contributed by atoms with E-state index in [0.29, 0.717) is 0 Å². The Morgan fingerprint density at radius 3 is 2.40 bits per heavy atom. The average molecular weight is 279 g/mol. The van der Waals surface area contributed by atoms with Gasteiger partial charge in [0.25, 0.3) is 0 Å². The van der Waals surface area contributed by atoms with E-state index in [9.17, 15) is 0 Å². The minimum absolute atomic E-state index is 0.734. The maximum absolute atomic E-state index is 3.61. The third-order valence-corrected chi connectivity index (χ3v) is 5.95. The van der Waals surface area contributed by atoms with Gasteiger partial charge in [-0.25, -0.2) is 0 Å². The summed E-state index contributed by atoms with van der Waals surface area (Å²) in [5.74, 6) is 0.939. The van der Waals surface area contributed by atoms with Crippen LogP contribution in [0.1, 0.15) is 51.4 Å². The van der Waals surface area contributed by atoms with E-state index in [1.807, 2.05) is 0 Å². The zero-order chi connectivity index (χ0) is 13.8. The van der Waals surface area contributed by atoms with Gasteiger partial charge in [-0.2, -0.15) is 0 Å². The molecule has 0 amide bonds. The van der Waals surface area contributed by atoms with Crippen molar-refractivity contribution in [1.82, 2.24) is 15.1 Å². The van der Waals surface area contributed by atoms with Gasteiger partial charge in [0.05, 0.1) is 0 Å². The highest BCUT2D eigenvalue weighted by Crippen LogP contribution is 2.29. The Morgan fingerprint density at radius 2 is 1.70 bits per heavy atom. The van der Waals surface area contributed by atoms with Crippen LogP contribution in [0.15, 0.2) is 0 Å². The fraction of sp³-hybridized carbons (Fsp3) is 1.00. The molecule has 0 aromatic heterocycles. The molecule has 1 aliphatic carbocycles. The van der Waals surface area contributed by atoms with Gasteiger partial charge < -0.3 is 10.2 Å². The molecule has 0 bridgehead atoms. The van der Waals surface area contributed by atoms with E-state index < -0.39 is 0 Å². The van der Waals surface area contributed by atoms with Gasteiger partial charge in [-0.05, 0) is 64.7 Å². The second kappa shape index (κ2) is 7.24. The van der Waals surface area contributed by atoms with E-state index >= 15 is 0 Å². The number of rotatable bonds is 5. The smallest absolute Gasteiger partial charge is 0.0235 e. The van der Waals surface area contributed by atoms with Crippen molar-refractivity contribution in [2.75, 3.05) is 39.8 Å². The molecule has 1 N–H and O–H groups in total. The van der Waals surface area contributed by atoms with E-state index in [-0.39, 0.29) is 0 Å². The summed E-state index contributed by atoms with van der Waals surface area (Å²) < 4.78 is 0. The molecule has 116 valence electrons. The van der Waals surface area contributed by atoms with Gasteiger partial charge in [0, 0.05) is 25.2 Å². The molecule has 0 aromatic rings. The third-order valence-electron chi connectivity index (χ3n) is 5.95. The van der Waals surface area contributed by atoms with Crippen molar-refractivity contribution in [3.63, 3.8) is 0 Å². The highest BCUT2D eigenvalue weighted by Gasteiger charge is 2.31. The van der Waals surface area contributed by atoms with Crippen LogP contribution in [0.25, 0.3) is 0 Å². The van der Waals surface area contributed by atoms with Crippen molar-refractivity contribution >= 4 is 0 Å². The first-order chi connectivity index (χ1) is 9.86. The van der Waals surface area contributed by atoms with Crippen LogP contribution < -0.4 is 5.32 Å². The van der Waals surface area contributed by atoms with Gasteiger partial charge in [-0.15, -0.1) is 0 Å². The first kappa shape index (κ1) is 14.8. The molecular weight excluding hydrogens is 246 g/mol. The lowest BCUT2D eigenvalue weighted by Crippen LogP contribution is -2.45. The Bertz CT molecular complexity index is 282. The van der Waals surface area contributed by atoms with E-state index in [2.05, 4.69) is 22.2 Å². The van der Waals surface area contributed by atoms with Gasteiger partial charge in [0.15, 0.2) is 0 Å². The van der Waals surface area contributed by atoms with Crippen molar-refractivity contribution in [3.8, 4) is 0 Å². The molecule has 20 heavy (non-hydrogen) atoms. The highest BCUT2D eigenvalue weighted by atomic mass is 15.3. The standard InChI is InChI=1S/C17H33N3/c1-18-17(15-7-3-4-8-15)14-19-12-9-16(13-19)20-10-5-2-6-11-20/h15-18H,2-14H2,1H3. The minimum Gasteiger partial charge on any atom is -0.315 e. The minimum atomic E-state index is 0.734. The fourth-order valence-corrected chi connectivity index (χ4v) is 4.67. The van der Waals surface area contributed by atoms with Crippen LogP contribution in [-0.2, 0) is 0 Å². The van der Waals surface area contributed by atoms with E-state index in [1.54, 1.807) is 0 Å². The Hall–Kier alpha value is -0.120. The van der Waals surface area contributed by atoms with E-state index in [0.717, 1.165) is 18.0 Å². The van der Waals surface area contributed by atoms with Crippen LogP contribution in [0.5, 0.6) is 0 Å². The second-order valence-electron chi connectivity index (χ2n) is 7.24. The van der Waals surface area contributed by atoms with E-state index in [1.165, 1.54) is 84.1 Å². The number of piperidine rings is 1. The molecule has 3 fully saturated rings. The highest BCUT2D eigenvalue weighted by molar-refractivity contribution is 4.89. The molecule has 2 aliphatic heterocycles. The lowest BCUT2D eigenvalue weighted by atomic mass is 9.98. The zero-order valence-corrected chi connectivity index (χ0v) is 13.3. The Labute approximate surface area is 125 Å². The molecular formula is C17H33N3. The maximum Gasteiger partial charge on any atom is 0.0235 e. The van der Waals surface area contributed by atoms with Crippen molar-refractivity contribution < 1.29 is 0 Å². The van der Waals surface area contributed by atoms with Crippen LogP contribution in [0.4, 0.5) is 0 Å². The van der Waals surface area contributed by atoms with Crippen molar-refractivity contribution in [3.05, 3.63) is 0 Å². The quantitative estimate of drug-likeness (QED) is 0.833. The monoisotopic (exact) mass is 279 g/mol. The molecule has 0 spiro atoms. The largest absolute Gasteiger partial charge is 0.315 e. The van der Waals surface area contributed by atoms with Crippen LogP contribution in [0.2, 0.25) is 0 Å². The number of nitrogens with zero attached hydrogens (tertiary/aromatic N) is 2. The van der Waals surface area contributed by atoms with Crippen molar-refractivity contribution in [2.45, 2.75) is 63.5 Å². The number of hydrogen-bond acceptors (Lipinski definition) is 3. The molecule has 2 atom stereocenters. The lowest BCUT2D eigenvalue weighted by molar-refractivity contribution is 0.157. The third kappa shape index (κ3) is 3.55. The fourth-order valence-electron chi connectivity index (χ4n) is 4.67. The number of likely N-dealkylation sites (N-methyl/N-ethyl adjacent to an activating group) is 1. The normalized spacial score (nSPS) is 31.9. The first-order valence-electron chi connectivity index (χ1n) is 9.00. The van der Waals surface area contributed by atoms with E-state index in [4.69, 9.17) is 0 Å². The molecule has 0 radical (unpaired) electrons. The summed E-state index contributed by atoms with van der Waals surface area (Å²) in [5.41, 5.74) is 0. The van der Waals surface area contributed by atoms with Gasteiger partial charge in [0.1, 0.15) is 0 Å². The predicted octanol–water partition coefficient (Wildman–Crippen LogP) is 2.32. The summed E-state index contributed by atoms with van der Waals surface area (Å²) >= 11 is 0. The van der Waals surface area contributed by atoms with Crippen LogP contribution in [0, 0.1) is 5.92 Å². The Morgan fingerprint density at radius 1 is 0.950 bits per heavy atom. The SMILES string of the molecule is CNC(CN1CCC(N2CCCCC2)C1)C1CCCC1. The average Bonchev–Trinajstić information content (AvgIpc) is 3.17. The summed E-state index contributed by atoms with van der Waals surface area (Å²) in [6, 6.07) is 1.59. The lowest BCUT2D eigenvalue weighted by Gasteiger charge is -2.33.